The largest absolute Gasteiger partial charge is 0.480 e. The molecule has 1 saturated heterocycles. The first-order valence-electron chi connectivity index (χ1n) is 9.10. The molecule has 4 heterocycles. The molecule has 9 heteroatoms. The molecule has 0 aliphatic carbocycles. The molecule has 0 N–H and O–H groups in total. The van der Waals surface area contributed by atoms with E-state index in [1.165, 1.54) is 19.4 Å². The maximum Gasteiger partial charge on any atom is 0.343 e. The lowest BCUT2D eigenvalue weighted by molar-refractivity contribution is 0.0528. The molecule has 1 atom stereocenters. The number of esters is 1. The number of aromatic nitrogens is 4. The van der Waals surface area contributed by atoms with Crippen LogP contribution in [0.1, 0.15) is 41.9 Å². The van der Waals surface area contributed by atoms with Gasteiger partial charge in [-0.05, 0) is 25.8 Å². The molecule has 4 rings (SSSR count). The summed E-state index contributed by atoms with van der Waals surface area (Å²) in [5.41, 5.74) is 2.11. The number of hydrogen-bond acceptors (Lipinski definition) is 7. The molecule has 0 aromatic carbocycles. The van der Waals surface area contributed by atoms with Crippen LogP contribution in [0.4, 0.5) is 10.1 Å². The van der Waals surface area contributed by atoms with E-state index in [-0.39, 0.29) is 12.6 Å². The van der Waals surface area contributed by atoms with E-state index >= 15 is 0 Å². The molecule has 1 unspecified atom stereocenters. The average molecular weight is 385 g/mol. The van der Waals surface area contributed by atoms with E-state index in [0.29, 0.717) is 22.8 Å². The normalized spacial score (nSPS) is 16.5. The van der Waals surface area contributed by atoms with Crippen LogP contribution in [0.2, 0.25) is 0 Å². The summed E-state index contributed by atoms with van der Waals surface area (Å²) in [5.74, 6) is -0.516. The molecule has 0 spiro atoms. The molecule has 0 saturated carbocycles. The highest BCUT2D eigenvalue weighted by Gasteiger charge is 2.31. The Hall–Kier alpha value is -3.23. The standard InChI is InChI=1S/C19H20FN5O3/c1-3-28-19(26)13-11-22-25-8-6-14(23-17(13)25)15-5-4-7-24(15)16-9-12(20)10-21-18(16)27-2/h6,8-11,15H,3-5,7H2,1-2H3. The van der Waals surface area contributed by atoms with Crippen molar-refractivity contribution in [1.82, 2.24) is 19.6 Å². The molecule has 0 bridgehead atoms. The number of pyridine rings is 1. The van der Waals surface area contributed by atoms with Gasteiger partial charge in [-0.15, -0.1) is 0 Å². The molecule has 146 valence electrons. The zero-order valence-corrected chi connectivity index (χ0v) is 15.6. The van der Waals surface area contributed by atoms with Crippen LogP contribution in [0.25, 0.3) is 5.65 Å². The predicted molar refractivity (Wildman–Crippen MR) is 99.0 cm³/mol. The van der Waals surface area contributed by atoms with Crippen LogP contribution in [-0.4, -0.2) is 45.8 Å². The number of halogens is 1. The number of methoxy groups -OCH3 is 1. The number of rotatable bonds is 5. The molecule has 1 aliphatic rings. The average Bonchev–Trinajstić information content (AvgIpc) is 3.34. The Bertz CT molecular complexity index is 1020. The van der Waals surface area contributed by atoms with Crippen molar-refractivity contribution >= 4 is 17.3 Å². The summed E-state index contributed by atoms with van der Waals surface area (Å²) in [4.78, 5) is 22.9. The van der Waals surface area contributed by atoms with Crippen molar-refractivity contribution < 1.29 is 18.7 Å². The fourth-order valence-corrected chi connectivity index (χ4v) is 3.56. The Labute approximate surface area is 160 Å². The summed E-state index contributed by atoms with van der Waals surface area (Å²) in [7, 11) is 1.51. The van der Waals surface area contributed by atoms with Crippen molar-refractivity contribution in [3.8, 4) is 5.88 Å². The summed E-state index contributed by atoms with van der Waals surface area (Å²) in [5, 5.41) is 4.17. The highest BCUT2D eigenvalue weighted by atomic mass is 19.1. The minimum atomic E-state index is -0.457. The fraction of sp³-hybridized carbons (Fsp3) is 0.368. The summed E-state index contributed by atoms with van der Waals surface area (Å²) in [6.07, 6.45) is 6.11. The summed E-state index contributed by atoms with van der Waals surface area (Å²) >= 11 is 0. The van der Waals surface area contributed by atoms with Crippen LogP contribution in [-0.2, 0) is 4.74 Å². The zero-order chi connectivity index (χ0) is 19.7. The molecule has 3 aromatic rings. The van der Waals surface area contributed by atoms with Crippen LogP contribution in [0.5, 0.6) is 5.88 Å². The van der Waals surface area contributed by atoms with Crippen LogP contribution < -0.4 is 9.64 Å². The lowest BCUT2D eigenvalue weighted by atomic mass is 10.1. The van der Waals surface area contributed by atoms with E-state index in [4.69, 9.17) is 9.47 Å². The van der Waals surface area contributed by atoms with Gasteiger partial charge in [-0.3, -0.25) is 0 Å². The lowest BCUT2D eigenvalue weighted by Gasteiger charge is -2.27. The predicted octanol–water partition coefficient (Wildman–Crippen LogP) is 2.79. The van der Waals surface area contributed by atoms with Gasteiger partial charge in [-0.25, -0.2) is 23.7 Å². The van der Waals surface area contributed by atoms with Crippen molar-refractivity contribution in [2.45, 2.75) is 25.8 Å². The van der Waals surface area contributed by atoms with Crippen LogP contribution in [0.3, 0.4) is 0 Å². The molecule has 1 aliphatic heterocycles. The van der Waals surface area contributed by atoms with E-state index in [0.717, 1.165) is 31.3 Å². The summed E-state index contributed by atoms with van der Waals surface area (Å²) in [6, 6.07) is 3.19. The van der Waals surface area contributed by atoms with E-state index < -0.39 is 11.8 Å². The molecular formula is C19H20FN5O3. The van der Waals surface area contributed by atoms with E-state index in [1.807, 2.05) is 11.0 Å². The number of anilines is 1. The van der Waals surface area contributed by atoms with Gasteiger partial charge < -0.3 is 14.4 Å². The zero-order valence-electron chi connectivity index (χ0n) is 15.6. The van der Waals surface area contributed by atoms with Crippen molar-refractivity contribution in [3.63, 3.8) is 0 Å². The Kier molecular flexibility index (Phi) is 4.81. The lowest BCUT2D eigenvalue weighted by Crippen LogP contribution is -2.24. The topological polar surface area (TPSA) is 81.8 Å². The van der Waals surface area contributed by atoms with Gasteiger partial charge in [0.1, 0.15) is 17.1 Å². The Morgan fingerprint density at radius 2 is 2.25 bits per heavy atom. The third kappa shape index (κ3) is 3.12. The number of hydrogen-bond donors (Lipinski definition) is 0. The van der Waals surface area contributed by atoms with Crippen LogP contribution >= 0.6 is 0 Å². The van der Waals surface area contributed by atoms with Crippen LogP contribution in [0, 0.1) is 5.82 Å². The van der Waals surface area contributed by atoms with E-state index in [2.05, 4.69) is 15.1 Å². The van der Waals surface area contributed by atoms with E-state index in [9.17, 15) is 9.18 Å². The molecule has 1 fully saturated rings. The number of carbonyl (C=O) groups is 1. The monoisotopic (exact) mass is 385 g/mol. The van der Waals surface area contributed by atoms with Crippen molar-refractivity contribution in [3.05, 3.63) is 47.8 Å². The van der Waals surface area contributed by atoms with Gasteiger partial charge in [0.15, 0.2) is 5.65 Å². The number of nitrogens with zero attached hydrogens (tertiary/aromatic N) is 5. The van der Waals surface area contributed by atoms with Gasteiger partial charge in [0.25, 0.3) is 0 Å². The number of fused-ring (bicyclic) bond motifs is 1. The number of carbonyl (C=O) groups excluding carboxylic acids is 1. The maximum absolute atomic E-state index is 13.8. The van der Waals surface area contributed by atoms with Gasteiger partial charge in [-0.1, -0.05) is 0 Å². The first-order valence-corrected chi connectivity index (χ1v) is 9.10. The SMILES string of the molecule is CCOC(=O)c1cnn2ccc(C3CCCN3c3cc(F)cnc3OC)nc12. The molecule has 28 heavy (non-hydrogen) atoms. The molecular weight excluding hydrogens is 365 g/mol. The second-order valence-corrected chi connectivity index (χ2v) is 6.43. The smallest absolute Gasteiger partial charge is 0.343 e. The van der Waals surface area contributed by atoms with Crippen molar-refractivity contribution in [1.29, 1.82) is 0 Å². The first kappa shape index (κ1) is 18.1. The highest BCUT2D eigenvalue weighted by Crippen LogP contribution is 2.39. The Morgan fingerprint density at radius 1 is 1.39 bits per heavy atom. The van der Waals surface area contributed by atoms with Gasteiger partial charge in [0.05, 0.1) is 37.8 Å². The Morgan fingerprint density at radius 3 is 3.04 bits per heavy atom. The third-order valence-electron chi connectivity index (χ3n) is 4.78. The summed E-state index contributed by atoms with van der Waals surface area (Å²) in [6.45, 7) is 2.75. The molecule has 0 amide bonds. The summed E-state index contributed by atoms with van der Waals surface area (Å²) < 4.78 is 25.8. The maximum atomic E-state index is 13.8. The van der Waals surface area contributed by atoms with Gasteiger partial charge in [0, 0.05) is 18.8 Å². The van der Waals surface area contributed by atoms with Crippen molar-refractivity contribution in [2.24, 2.45) is 0 Å². The molecule has 3 aromatic heterocycles. The quantitative estimate of drug-likeness (QED) is 0.625. The minimum Gasteiger partial charge on any atom is -0.480 e. The van der Waals surface area contributed by atoms with E-state index in [1.54, 1.807) is 17.6 Å². The third-order valence-corrected chi connectivity index (χ3v) is 4.78. The van der Waals surface area contributed by atoms with Crippen LogP contribution in [0.15, 0.2) is 30.7 Å². The minimum absolute atomic E-state index is 0.0903. The second kappa shape index (κ2) is 7.41. The first-order chi connectivity index (χ1) is 13.6. The molecule has 8 nitrogen and oxygen atoms in total. The number of ether oxygens (including phenoxy) is 2. The van der Waals surface area contributed by atoms with Gasteiger partial charge in [0.2, 0.25) is 5.88 Å². The molecule has 0 radical (unpaired) electrons. The highest BCUT2D eigenvalue weighted by molar-refractivity contribution is 5.95. The second-order valence-electron chi connectivity index (χ2n) is 6.43. The Balaban J connectivity index is 1.74. The van der Waals surface area contributed by atoms with Gasteiger partial charge in [-0.2, -0.15) is 5.10 Å². The van der Waals surface area contributed by atoms with Gasteiger partial charge >= 0.3 is 5.97 Å². The fourth-order valence-electron chi connectivity index (χ4n) is 3.56. The van der Waals surface area contributed by atoms with Crippen molar-refractivity contribution in [2.75, 3.05) is 25.2 Å².